The molecule has 2 N–H and O–H groups in total. The van der Waals surface area contributed by atoms with Crippen molar-refractivity contribution in [1.82, 2.24) is 19.4 Å². The Hall–Kier alpha value is -3.29. The molecule has 8 nitrogen and oxygen atoms in total. The van der Waals surface area contributed by atoms with E-state index in [9.17, 15) is 9.90 Å². The van der Waals surface area contributed by atoms with Crippen LogP contribution >= 0.6 is 0 Å². The second-order valence-electron chi connectivity index (χ2n) is 9.19. The summed E-state index contributed by atoms with van der Waals surface area (Å²) in [5.74, 6) is 1.55. The van der Waals surface area contributed by atoms with Gasteiger partial charge in [0.25, 0.3) is 0 Å². The van der Waals surface area contributed by atoms with Gasteiger partial charge in [-0.15, -0.1) is 0 Å². The molecular formula is C25H34N6O2. The number of aryl methyl sites for hydroxylation is 2. The van der Waals surface area contributed by atoms with Gasteiger partial charge in [-0.3, -0.25) is 4.79 Å². The van der Waals surface area contributed by atoms with Crippen molar-refractivity contribution >= 4 is 28.6 Å². The topological polar surface area (TPSA) is 86.5 Å². The van der Waals surface area contributed by atoms with Crippen LogP contribution in [0.15, 0.2) is 24.4 Å². The highest BCUT2D eigenvalue weighted by Crippen LogP contribution is 2.34. The number of carbonyl (C=O) groups is 1. The number of benzene rings is 1. The zero-order valence-corrected chi connectivity index (χ0v) is 20.2. The first-order valence-corrected chi connectivity index (χ1v) is 11.7. The normalized spacial score (nSPS) is 14.4. The zero-order chi connectivity index (χ0) is 23.7. The summed E-state index contributed by atoms with van der Waals surface area (Å²) in [6, 6.07) is 6.63. The first-order chi connectivity index (χ1) is 15.7. The number of rotatable bonds is 6. The fourth-order valence-corrected chi connectivity index (χ4v) is 4.41. The van der Waals surface area contributed by atoms with Gasteiger partial charge in [0.2, 0.25) is 17.7 Å². The second kappa shape index (κ2) is 9.29. The third-order valence-corrected chi connectivity index (χ3v) is 6.41. The number of carbonyl (C=O) groups excluding carboxylic acids is 1. The van der Waals surface area contributed by atoms with Gasteiger partial charge in [0.1, 0.15) is 11.3 Å². The quantitative estimate of drug-likeness (QED) is 0.596. The Morgan fingerprint density at radius 3 is 2.52 bits per heavy atom. The molecule has 0 aliphatic carbocycles. The molecule has 1 aliphatic heterocycles. The molecule has 176 valence electrons. The molecular weight excluding hydrogens is 416 g/mol. The van der Waals surface area contributed by atoms with Gasteiger partial charge in [0, 0.05) is 51.9 Å². The van der Waals surface area contributed by atoms with Crippen molar-refractivity contribution in [2.75, 3.05) is 42.9 Å². The van der Waals surface area contributed by atoms with Crippen LogP contribution in [0.1, 0.15) is 43.5 Å². The number of fused-ring (bicyclic) bond motifs is 1. The molecule has 33 heavy (non-hydrogen) atoms. The maximum absolute atomic E-state index is 11.7. The summed E-state index contributed by atoms with van der Waals surface area (Å²) < 4.78 is 1.83. The van der Waals surface area contributed by atoms with E-state index in [-0.39, 0.29) is 17.8 Å². The number of aromatic hydroxyl groups is 1. The van der Waals surface area contributed by atoms with Crippen LogP contribution in [0, 0.1) is 13.8 Å². The van der Waals surface area contributed by atoms with Gasteiger partial charge in [-0.2, -0.15) is 4.98 Å². The number of amides is 1. The van der Waals surface area contributed by atoms with Crippen LogP contribution < -0.4 is 10.2 Å². The van der Waals surface area contributed by atoms with E-state index >= 15 is 0 Å². The maximum atomic E-state index is 11.7. The highest BCUT2D eigenvalue weighted by molar-refractivity contribution is 5.94. The zero-order valence-electron chi connectivity index (χ0n) is 20.2. The molecule has 0 radical (unpaired) electrons. The first kappa shape index (κ1) is 22.9. The molecule has 0 spiro atoms. The smallest absolute Gasteiger partial charge is 0.228 e. The molecule has 0 bridgehead atoms. The molecule has 1 saturated heterocycles. The van der Waals surface area contributed by atoms with Crippen molar-refractivity contribution in [3.8, 4) is 5.88 Å². The number of anilines is 2. The van der Waals surface area contributed by atoms with Gasteiger partial charge in [-0.1, -0.05) is 23.8 Å². The van der Waals surface area contributed by atoms with Crippen LogP contribution in [0.3, 0.4) is 0 Å². The molecule has 3 heterocycles. The maximum Gasteiger partial charge on any atom is 0.228 e. The lowest BCUT2D eigenvalue weighted by atomic mass is 10.0. The van der Waals surface area contributed by atoms with Gasteiger partial charge in [-0.25, -0.2) is 4.98 Å². The van der Waals surface area contributed by atoms with E-state index in [0.29, 0.717) is 37.6 Å². The van der Waals surface area contributed by atoms with Crippen LogP contribution in [0.2, 0.25) is 0 Å². The molecule has 0 unspecified atom stereocenters. The fourth-order valence-electron chi connectivity index (χ4n) is 4.41. The monoisotopic (exact) mass is 450 g/mol. The van der Waals surface area contributed by atoms with Crippen LogP contribution in [-0.2, 0) is 11.2 Å². The van der Waals surface area contributed by atoms with Crippen LogP contribution in [0.25, 0.3) is 10.9 Å². The molecule has 2 aromatic heterocycles. The number of aromatic nitrogens is 3. The third kappa shape index (κ3) is 4.74. The van der Waals surface area contributed by atoms with Crippen molar-refractivity contribution in [2.45, 2.75) is 47.1 Å². The summed E-state index contributed by atoms with van der Waals surface area (Å²) in [5.41, 5.74) is 4.41. The van der Waals surface area contributed by atoms with Gasteiger partial charge >= 0.3 is 0 Å². The Morgan fingerprint density at radius 1 is 1.15 bits per heavy atom. The van der Waals surface area contributed by atoms with Crippen molar-refractivity contribution in [3.63, 3.8) is 0 Å². The minimum atomic E-state index is 0.0893. The number of nitrogens with one attached hydrogen (secondary N) is 1. The average molecular weight is 451 g/mol. The average Bonchev–Trinajstić information content (AvgIpc) is 3.12. The minimum absolute atomic E-state index is 0.0893. The van der Waals surface area contributed by atoms with Crippen molar-refractivity contribution in [3.05, 3.63) is 41.1 Å². The van der Waals surface area contributed by atoms with Crippen LogP contribution in [0.4, 0.5) is 11.8 Å². The molecule has 4 rings (SSSR count). The summed E-state index contributed by atoms with van der Waals surface area (Å²) in [6.45, 7) is 13.3. The van der Waals surface area contributed by atoms with Gasteiger partial charge in [0.05, 0.1) is 5.39 Å². The van der Waals surface area contributed by atoms with Crippen molar-refractivity contribution < 1.29 is 9.90 Å². The van der Waals surface area contributed by atoms with Crippen molar-refractivity contribution in [1.29, 1.82) is 0 Å². The highest BCUT2D eigenvalue weighted by atomic mass is 16.3. The second-order valence-corrected chi connectivity index (χ2v) is 9.19. The number of hydrogen-bond donors (Lipinski definition) is 2. The van der Waals surface area contributed by atoms with E-state index in [2.05, 4.69) is 42.3 Å². The molecule has 3 aromatic rings. The van der Waals surface area contributed by atoms with E-state index in [4.69, 9.17) is 9.97 Å². The molecule has 1 fully saturated rings. The number of hydrogen-bond acceptors (Lipinski definition) is 6. The lowest BCUT2D eigenvalue weighted by molar-refractivity contribution is -0.129. The molecule has 0 saturated carbocycles. The summed E-state index contributed by atoms with van der Waals surface area (Å²) >= 11 is 0. The Bertz CT molecular complexity index is 1160. The van der Waals surface area contributed by atoms with E-state index in [1.165, 1.54) is 16.7 Å². The predicted molar refractivity (Wildman–Crippen MR) is 132 cm³/mol. The minimum Gasteiger partial charge on any atom is -0.493 e. The Kier molecular flexibility index (Phi) is 6.44. The highest BCUT2D eigenvalue weighted by Gasteiger charge is 2.24. The van der Waals surface area contributed by atoms with E-state index in [1.54, 1.807) is 6.92 Å². The largest absolute Gasteiger partial charge is 0.493 e. The van der Waals surface area contributed by atoms with E-state index in [0.717, 1.165) is 24.2 Å². The number of piperazine rings is 1. The van der Waals surface area contributed by atoms with Crippen LogP contribution in [-0.4, -0.2) is 63.2 Å². The predicted octanol–water partition coefficient (Wildman–Crippen LogP) is 3.66. The summed E-state index contributed by atoms with van der Waals surface area (Å²) in [4.78, 5) is 25.2. The Labute approximate surface area is 195 Å². The lowest BCUT2D eigenvalue weighted by Crippen LogP contribution is -2.48. The Morgan fingerprint density at radius 2 is 1.88 bits per heavy atom. The standard InChI is InChI=1S/C25H34N6O2/c1-16(2)31-15-21-22(24(31)33)27-25(30-12-10-29(11-13-30)19(5)32)28-23(21)26-9-8-20-7-6-17(3)14-18(20)4/h6-7,14-16,33H,8-13H2,1-5H3,(H,26,27,28). The molecule has 8 heteroatoms. The molecule has 1 aliphatic rings. The fraction of sp³-hybridized carbons (Fsp3) is 0.480. The van der Waals surface area contributed by atoms with E-state index < -0.39 is 0 Å². The van der Waals surface area contributed by atoms with E-state index in [1.807, 2.05) is 29.5 Å². The summed E-state index contributed by atoms with van der Waals surface area (Å²) in [6.07, 6.45) is 2.80. The summed E-state index contributed by atoms with van der Waals surface area (Å²) in [7, 11) is 0. The first-order valence-electron chi connectivity index (χ1n) is 11.7. The Balaban J connectivity index is 1.62. The molecule has 0 atom stereocenters. The molecule has 1 amide bonds. The van der Waals surface area contributed by atoms with Gasteiger partial charge in [-0.05, 0) is 45.2 Å². The van der Waals surface area contributed by atoms with Crippen LogP contribution in [0.5, 0.6) is 5.88 Å². The SMILES string of the molecule is CC(=O)N1CCN(c2nc(NCCc3ccc(C)cc3C)c3cn(C(C)C)c(O)c3n2)CC1. The van der Waals surface area contributed by atoms with Crippen molar-refractivity contribution in [2.24, 2.45) is 0 Å². The van der Waals surface area contributed by atoms with Gasteiger partial charge in [0.15, 0.2) is 0 Å². The molecule has 1 aromatic carbocycles. The lowest BCUT2D eigenvalue weighted by Gasteiger charge is -2.34. The summed E-state index contributed by atoms with van der Waals surface area (Å²) in [5, 5.41) is 15.2. The third-order valence-electron chi connectivity index (χ3n) is 6.41. The number of nitrogens with zero attached hydrogens (tertiary/aromatic N) is 5. The van der Waals surface area contributed by atoms with Gasteiger partial charge < -0.3 is 24.8 Å².